The first-order valence-corrected chi connectivity index (χ1v) is 8.28. The average Bonchev–Trinajstić information content (AvgIpc) is 2.89. The monoisotopic (exact) mass is 398 g/mol. The molecule has 108 valence electrons. The van der Waals surface area contributed by atoms with Gasteiger partial charge < -0.3 is 5.73 Å². The van der Waals surface area contributed by atoms with E-state index >= 15 is 0 Å². The van der Waals surface area contributed by atoms with Crippen molar-refractivity contribution >= 4 is 54.8 Å². The Morgan fingerprint density at radius 2 is 2.05 bits per heavy atom. The number of nitrogens with one attached hydrogen (secondary N) is 2. The number of nitrogens with two attached hydrogens (primary N) is 1. The Hall–Kier alpha value is -0.800. The van der Waals surface area contributed by atoms with E-state index in [4.69, 9.17) is 28.9 Å². The topological polar surface area (TPSA) is 101 Å². The molecular formula is C10H9BrCl2N4O2S. The van der Waals surface area contributed by atoms with Gasteiger partial charge in [-0.15, -0.1) is 0 Å². The summed E-state index contributed by atoms with van der Waals surface area (Å²) in [4.78, 5) is 0. The number of benzene rings is 1. The van der Waals surface area contributed by atoms with Crippen molar-refractivity contribution in [1.29, 1.82) is 0 Å². The Bertz CT molecular complexity index is 748. The van der Waals surface area contributed by atoms with Crippen molar-refractivity contribution in [3.05, 3.63) is 38.4 Å². The van der Waals surface area contributed by atoms with Crippen LogP contribution in [0.25, 0.3) is 0 Å². The van der Waals surface area contributed by atoms with E-state index in [0.29, 0.717) is 10.0 Å². The van der Waals surface area contributed by atoms with Crippen LogP contribution >= 0.6 is 39.1 Å². The lowest BCUT2D eigenvalue weighted by Gasteiger charge is -2.11. The highest BCUT2D eigenvalue weighted by Gasteiger charge is 2.22. The van der Waals surface area contributed by atoms with E-state index in [9.17, 15) is 8.42 Å². The minimum Gasteiger partial charge on any atom is -0.326 e. The van der Waals surface area contributed by atoms with Crippen LogP contribution in [0.1, 0.15) is 5.56 Å². The molecule has 2 aromatic rings. The second kappa shape index (κ2) is 5.90. The fourth-order valence-corrected chi connectivity index (χ4v) is 3.57. The molecule has 6 nitrogen and oxygen atoms in total. The molecule has 0 radical (unpaired) electrons. The number of nitrogens with zero attached hydrogens (tertiary/aromatic N) is 1. The van der Waals surface area contributed by atoms with Gasteiger partial charge in [-0.1, -0.05) is 23.2 Å². The minimum absolute atomic E-state index is 0.0432. The van der Waals surface area contributed by atoms with Crippen LogP contribution < -0.4 is 10.5 Å². The summed E-state index contributed by atoms with van der Waals surface area (Å²) in [5.41, 5.74) is 5.99. The summed E-state index contributed by atoms with van der Waals surface area (Å²) in [6.45, 7) is 0.0432. The lowest BCUT2D eigenvalue weighted by Crippen LogP contribution is -2.16. The van der Waals surface area contributed by atoms with Crippen molar-refractivity contribution in [2.45, 2.75) is 11.6 Å². The van der Waals surface area contributed by atoms with E-state index in [1.165, 1.54) is 12.3 Å². The number of hydrogen-bond donors (Lipinski definition) is 3. The molecule has 0 bridgehead atoms. The maximum atomic E-state index is 12.2. The molecule has 1 aromatic carbocycles. The van der Waals surface area contributed by atoms with Crippen LogP contribution in [0.5, 0.6) is 0 Å². The van der Waals surface area contributed by atoms with Crippen molar-refractivity contribution < 1.29 is 8.42 Å². The summed E-state index contributed by atoms with van der Waals surface area (Å²) < 4.78 is 27.4. The van der Waals surface area contributed by atoms with Crippen LogP contribution in [0.2, 0.25) is 10.0 Å². The van der Waals surface area contributed by atoms with Crippen LogP contribution in [-0.4, -0.2) is 18.6 Å². The number of aromatic amines is 1. The summed E-state index contributed by atoms with van der Waals surface area (Å²) in [6.07, 6.45) is 1.35. The van der Waals surface area contributed by atoms with E-state index in [0.717, 1.165) is 0 Å². The molecule has 0 aliphatic carbocycles. The zero-order valence-corrected chi connectivity index (χ0v) is 13.7. The summed E-state index contributed by atoms with van der Waals surface area (Å²) in [6, 6.07) is 3.08. The molecule has 10 heteroatoms. The zero-order valence-electron chi connectivity index (χ0n) is 9.82. The van der Waals surface area contributed by atoms with Gasteiger partial charge in [0, 0.05) is 16.6 Å². The Kier molecular flexibility index (Phi) is 4.60. The molecular weight excluding hydrogens is 391 g/mol. The molecule has 1 aromatic heterocycles. The van der Waals surface area contributed by atoms with Gasteiger partial charge >= 0.3 is 0 Å². The average molecular weight is 400 g/mol. The van der Waals surface area contributed by atoms with E-state index in [2.05, 4.69) is 30.8 Å². The van der Waals surface area contributed by atoms with Gasteiger partial charge in [-0.2, -0.15) is 13.5 Å². The molecule has 0 saturated heterocycles. The highest BCUT2D eigenvalue weighted by molar-refractivity contribution is 9.10. The van der Waals surface area contributed by atoms with E-state index in [1.54, 1.807) is 6.07 Å². The SMILES string of the molecule is NCc1cn[nH]c1S(=O)(=O)Nc1ccc(Br)c(Cl)c1Cl. The van der Waals surface area contributed by atoms with Crippen LogP contribution in [0, 0.1) is 0 Å². The van der Waals surface area contributed by atoms with Gasteiger partial charge in [0.25, 0.3) is 10.0 Å². The molecule has 0 aliphatic heterocycles. The first kappa shape index (κ1) is 15.6. The van der Waals surface area contributed by atoms with Gasteiger partial charge in [0.15, 0.2) is 5.03 Å². The normalized spacial score (nSPS) is 11.6. The second-order valence-corrected chi connectivity index (χ2v) is 6.99. The van der Waals surface area contributed by atoms with Gasteiger partial charge in [-0.05, 0) is 28.1 Å². The third kappa shape index (κ3) is 2.94. The van der Waals surface area contributed by atoms with E-state index in [1.807, 2.05) is 0 Å². The van der Waals surface area contributed by atoms with Crippen molar-refractivity contribution in [2.75, 3.05) is 4.72 Å². The molecule has 0 unspecified atom stereocenters. The third-order valence-corrected chi connectivity index (χ3v) is 5.60. The lowest BCUT2D eigenvalue weighted by molar-refractivity contribution is 0.596. The summed E-state index contributed by atoms with van der Waals surface area (Å²) in [5.74, 6) is 0. The number of H-pyrrole nitrogens is 1. The number of anilines is 1. The highest BCUT2D eigenvalue weighted by Crippen LogP contribution is 2.36. The summed E-state index contributed by atoms with van der Waals surface area (Å²) >= 11 is 15.1. The van der Waals surface area contributed by atoms with Gasteiger partial charge in [0.1, 0.15) is 0 Å². The van der Waals surface area contributed by atoms with Gasteiger partial charge in [-0.3, -0.25) is 9.82 Å². The predicted molar refractivity (Wildman–Crippen MR) is 81.4 cm³/mol. The maximum absolute atomic E-state index is 12.2. The predicted octanol–water partition coefficient (Wildman–Crippen LogP) is 2.74. The molecule has 0 amide bonds. The van der Waals surface area contributed by atoms with E-state index < -0.39 is 10.0 Å². The van der Waals surface area contributed by atoms with Crippen LogP contribution in [-0.2, 0) is 16.6 Å². The molecule has 0 atom stereocenters. The molecule has 4 N–H and O–H groups in total. The van der Waals surface area contributed by atoms with Crippen molar-refractivity contribution in [3.63, 3.8) is 0 Å². The van der Waals surface area contributed by atoms with Crippen LogP contribution in [0.4, 0.5) is 5.69 Å². The minimum atomic E-state index is -3.87. The van der Waals surface area contributed by atoms with Gasteiger partial charge in [-0.25, -0.2) is 0 Å². The number of hydrogen-bond acceptors (Lipinski definition) is 4. The fraction of sp³-hybridized carbons (Fsp3) is 0.100. The van der Waals surface area contributed by atoms with Crippen molar-refractivity contribution in [3.8, 4) is 0 Å². The molecule has 2 rings (SSSR count). The number of rotatable bonds is 4. The summed E-state index contributed by atoms with van der Waals surface area (Å²) in [7, 11) is -3.87. The molecule has 0 saturated carbocycles. The summed E-state index contributed by atoms with van der Waals surface area (Å²) in [5, 5.41) is 6.27. The molecule has 0 aliphatic rings. The Morgan fingerprint density at radius 3 is 2.70 bits per heavy atom. The second-order valence-electron chi connectivity index (χ2n) is 3.76. The smallest absolute Gasteiger partial charge is 0.279 e. The van der Waals surface area contributed by atoms with Crippen LogP contribution in [0.3, 0.4) is 0 Å². The van der Waals surface area contributed by atoms with Gasteiger partial charge in [0.05, 0.1) is 21.9 Å². The Labute approximate surface area is 133 Å². The van der Waals surface area contributed by atoms with Crippen LogP contribution in [0.15, 0.2) is 27.8 Å². The largest absolute Gasteiger partial charge is 0.326 e. The highest BCUT2D eigenvalue weighted by atomic mass is 79.9. The van der Waals surface area contributed by atoms with Gasteiger partial charge in [0.2, 0.25) is 0 Å². The first-order valence-electron chi connectivity index (χ1n) is 5.25. The third-order valence-electron chi connectivity index (χ3n) is 2.45. The Morgan fingerprint density at radius 1 is 1.35 bits per heavy atom. The molecule has 0 spiro atoms. The molecule has 0 fully saturated rings. The van der Waals surface area contributed by atoms with E-state index in [-0.39, 0.29) is 27.3 Å². The standard InChI is InChI=1S/C10H9BrCl2N4O2S/c11-6-1-2-7(9(13)8(6)12)17-20(18,19)10-5(3-14)4-15-16-10/h1-2,4,17H,3,14H2,(H,15,16). The number of aromatic nitrogens is 2. The first-order chi connectivity index (χ1) is 9.36. The van der Waals surface area contributed by atoms with Crippen molar-refractivity contribution in [1.82, 2.24) is 10.2 Å². The molecule has 1 heterocycles. The number of halogens is 3. The quantitative estimate of drug-likeness (QED) is 0.688. The lowest BCUT2D eigenvalue weighted by atomic mass is 10.3. The number of sulfonamides is 1. The zero-order chi connectivity index (χ0) is 14.9. The van der Waals surface area contributed by atoms with Crippen molar-refractivity contribution in [2.24, 2.45) is 5.73 Å². The molecule has 20 heavy (non-hydrogen) atoms. The Balaban J connectivity index is 2.42. The fourth-order valence-electron chi connectivity index (χ4n) is 1.48. The maximum Gasteiger partial charge on any atom is 0.279 e.